The summed E-state index contributed by atoms with van der Waals surface area (Å²) in [6.45, 7) is 10.4. The summed E-state index contributed by atoms with van der Waals surface area (Å²) in [5.74, 6) is -1.29. The van der Waals surface area contributed by atoms with Gasteiger partial charge in [0.1, 0.15) is 17.3 Å². The maximum absolute atomic E-state index is 14.5. The minimum atomic E-state index is -0.699. The van der Waals surface area contributed by atoms with Crippen molar-refractivity contribution in [1.82, 2.24) is 20.2 Å². The molecule has 7 nitrogen and oxygen atoms in total. The number of methoxy groups -OCH3 is 1. The first-order valence-electron chi connectivity index (χ1n) is 10.5. The molecule has 0 bridgehead atoms. The van der Waals surface area contributed by atoms with E-state index in [1.807, 2.05) is 0 Å². The zero-order valence-corrected chi connectivity index (χ0v) is 18.3. The van der Waals surface area contributed by atoms with Gasteiger partial charge in [0.2, 0.25) is 5.69 Å². The summed E-state index contributed by atoms with van der Waals surface area (Å²) in [6.07, 6.45) is 1.82. The number of benzene rings is 2. The topological polar surface area (TPSA) is 72.5 Å². The van der Waals surface area contributed by atoms with E-state index < -0.39 is 11.6 Å². The van der Waals surface area contributed by atoms with Crippen molar-refractivity contribution in [2.24, 2.45) is 0 Å². The lowest BCUT2D eigenvalue weighted by Crippen LogP contribution is -2.45. The Kier molecular flexibility index (Phi) is 6.38. The highest BCUT2D eigenvalue weighted by atomic mass is 19.1. The minimum absolute atomic E-state index is 0.0203. The van der Waals surface area contributed by atoms with E-state index >= 15 is 0 Å². The quantitative estimate of drug-likeness (QED) is 0.572. The molecule has 1 aliphatic rings. The average molecular weight is 451 g/mol. The van der Waals surface area contributed by atoms with Crippen molar-refractivity contribution < 1.29 is 18.3 Å². The Bertz CT molecular complexity index is 1240. The predicted molar refractivity (Wildman–Crippen MR) is 120 cm³/mol. The first-order valence-corrected chi connectivity index (χ1v) is 10.5. The maximum Gasteiger partial charge on any atom is 0.272 e. The van der Waals surface area contributed by atoms with Gasteiger partial charge in [-0.25, -0.2) is 18.6 Å². The minimum Gasteiger partial charge on any atom is -0.494 e. The van der Waals surface area contributed by atoms with Gasteiger partial charge in [-0.15, -0.1) is 0 Å². The molecule has 1 atom stereocenters. The Hall–Kier alpha value is -3.77. The number of aromatic nitrogens is 2. The van der Waals surface area contributed by atoms with Gasteiger partial charge >= 0.3 is 0 Å². The number of hydrogen-bond donors (Lipinski definition) is 2. The number of imidazole rings is 1. The lowest BCUT2D eigenvalue weighted by atomic mass is 10.1. The van der Waals surface area contributed by atoms with Crippen LogP contribution in [0.15, 0.2) is 36.4 Å². The SMILES string of the molecule is [C-]#[N+]c1ccc(-c2nc(C(=O)N[C@H]3CCCNC3)c(C)n2-c2ccc(OC)c(F)c2)cc1F. The number of nitrogens with zero attached hydrogens (tertiary/aromatic N) is 3. The standard InChI is InChI=1S/C24H23F2N5O2/c1-14-22(24(32)29-16-5-4-10-28-13-16)30-23(15-6-8-20(27-2)18(25)11-15)31(14)17-7-9-21(33-3)19(26)12-17/h6-9,11-12,16,28H,4-5,10,13H2,1,3H3,(H,29,32)/t16-/m0/s1. The third-order valence-electron chi connectivity index (χ3n) is 5.67. The van der Waals surface area contributed by atoms with Gasteiger partial charge in [-0.3, -0.25) is 9.36 Å². The molecular formula is C24H23F2N5O2. The summed E-state index contributed by atoms with van der Waals surface area (Å²) in [5.41, 5.74) is 1.29. The highest BCUT2D eigenvalue weighted by Gasteiger charge is 2.25. The fourth-order valence-corrected chi connectivity index (χ4v) is 3.99. The van der Waals surface area contributed by atoms with Gasteiger partial charge in [-0.1, -0.05) is 12.1 Å². The molecule has 9 heteroatoms. The predicted octanol–water partition coefficient (Wildman–Crippen LogP) is 4.17. The zero-order chi connectivity index (χ0) is 23.5. The van der Waals surface area contributed by atoms with Gasteiger partial charge in [-0.05, 0) is 44.5 Å². The Balaban J connectivity index is 1.82. The van der Waals surface area contributed by atoms with Crippen LogP contribution in [-0.2, 0) is 0 Å². The molecular weight excluding hydrogens is 428 g/mol. The molecule has 1 saturated heterocycles. The van der Waals surface area contributed by atoms with Crippen LogP contribution in [0, 0.1) is 25.1 Å². The number of carbonyl (C=O) groups excluding carboxylic acids is 1. The van der Waals surface area contributed by atoms with Crippen LogP contribution in [0.5, 0.6) is 5.75 Å². The summed E-state index contributed by atoms with van der Waals surface area (Å²) in [5, 5.41) is 6.24. The Morgan fingerprint density at radius 3 is 2.73 bits per heavy atom. The van der Waals surface area contributed by atoms with E-state index in [0.29, 0.717) is 23.5 Å². The van der Waals surface area contributed by atoms with Crippen molar-refractivity contribution in [2.45, 2.75) is 25.8 Å². The van der Waals surface area contributed by atoms with Crippen LogP contribution in [0.25, 0.3) is 21.9 Å². The van der Waals surface area contributed by atoms with Crippen LogP contribution in [-0.4, -0.2) is 41.7 Å². The summed E-state index contributed by atoms with van der Waals surface area (Å²) in [6, 6.07) is 8.47. The molecule has 33 heavy (non-hydrogen) atoms. The van der Waals surface area contributed by atoms with Crippen LogP contribution in [0.1, 0.15) is 29.0 Å². The highest BCUT2D eigenvalue weighted by molar-refractivity contribution is 5.94. The second kappa shape index (κ2) is 9.38. The number of ether oxygens (including phenoxy) is 1. The highest BCUT2D eigenvalue weighted by Crippen LogP contribution is 2.31. The van der Waals surface area contributed by atoms with Gasteiger partial charge in [-0.2, -0.15) is 0 Å². The molecule has 4 rings (SSSR count). The molecule has 0 aliphatic carbocycles. The van der Waals surface area contributed by atoms with Crippen LogP contribution < -0.4 is 15.4 Å². The normalized spacial score (nSPS) is 15.7. The van der Waals surface area contributed by atoms with Gasteiger partial charge in [0.05, 0.1) is 25.1 Å². The molecule has 2 heterocycles. The molecule has 0 spiro atoms. The van der Waals surface area contributed by atoms with E-state index in [1.54, 1.807) is 23.6 Å². The maximum atomic E-state index is 14.5. The lowest BCUT2D eigenvalue weighted by molar-refractivity contribution is 0.0925. The van der Waals surface area contributed by atoms with Crippen molar-refractivity contribution in [3.63, 3.8) is 0 Å². The second-order valence-corrected chi connectivity index (χ2v) is 7.82. The van der Waals surface area contributed by atoms with Crippen molar-refractivity contribution in [3.8, 4) is 22.8 Å². The number of halogens is 2. The van der Waals surface area contributed by atoms with Gasteiger partial charge < -0.3 is 15.4 Å². The van der Waals surface area contributed by atoms with Crippen LogP contribution in [0.3, 0.4) is 0 Å². The number of rotatable bonds is 5. The molecule has 1 amide bonds. The first-order chi connectivity index (χ1) is 15.9. The van der Waals surface area contributed by atoms with E-state index in [-0.39, 0.29) is 34.9 Å². The third kappa shape index (κ3) is 4.43. The first kappa shape index (κ1) is 22.4. The largest absolute Gasteiger partial charge is 0.494 e. The lowest BCUT2D eigenvalue weighted by Gasteiger charge is -2.23. The summed E-state index contributed by atoms with van der Waals surface area (Å²) in [7, 11) is 1.37. The summed E-state index contributed by atoms with van der Waals surface area (Å²) < 4.78 is 35.5. The number of nitrogens with one attached hydrogen (secondary N) is 2. The Morgan fingerprint density at radius 1 is 1.27 bits per heavy atom. The number of hydrogen-bond acceptors (Lipinski definition) is 4. The number of piperidine rings is 1. The van der Waals surface area contributed by atoms with E-state index in [1.165, 1.54) is 31.4 Å². The van der Waals surface area contributed by atoms with Gasteiger partial charge in [0, 0.05) is 24.2 Å². The van der Waals surface area contributed by atoms with Crippen molar-refractivity contribution in [2.75, 3.05) is 20.2 Å². The molecule has 0 radical (unpaired) electrons. The van der Waals surface area contributed by atoms with Crippen molar-refractivity contribution in [3.05, 3.63) is 70.8 Å². The number of amides is 1. The molecule has 3 aromatic rings. The van der Waals surface area contributed by atoms with Crippen molar-refractivity contribution in [1.29, 1.82) is 0 Å². The van der Waals surface area contributed by atoms with Gasteiger partial charge in [0.25, 0.3) is 5.91 Å². The monoisotopic (exact) mass is 451 g/mol. The zero-order valence-electron chi connectivity index (χ0n) is 18.3. The fourth-order valence-electron chi connectivity index (χ4n) is 3.99. The molecule has 2 aromatic carbocycles. The molecule has 1 aliphatic heterocycles. The smallest absolute Gasteiger partial charge is 0.272 e. The molecule has 0 unspecified atom stereocenters. The Labute approximate surface area is 190 Å². The molecule has 1 aromatic heterocycles. The fraction of sp³-hybridized carbons (Fsp3) is 0.292. The van der Waals surface area contributed by atoms with Gasteiger partial charge in [0.15, 0.2) is 11.6 Å². The van der Waals surface area contributed by atoms with Crippen molar-refractivity contribution >= 4 is 11.6 Å². The van der Waals surface area contributed by atoms with Crippen LogP contribution in [0.4, 0.5) is 14.5 Å². The van der Waals surface area contributed by atoms with E-state index in [2.05, 4.69) is 20.5 Å². The summed E-state index contributed by atoms with van der Waals surface area (Å²) >= 11 is 0. The molecule has 1 fully saturated rings. The number of carbonyl (C=O) groups is 1. The Morgan fingerprint density at radius 2 is 2.09 bits per heavy atom. The second-order valence-electron chi connectivity index (χ2n) is 7.82. The van der Waals surface area contributed by atoms with E-state index in [0.717, 1.165) is 19.4 Å². The van der Waals surface area contributed by atoms with Crippen LogP contribution in [0.2, 0.25) is 0 Å². The average Bonchev–Trinajstić information content (AvgIpc) is 3.16. The summed E-state index contributed by atoms with van der Waals surface area (Å²) in [4.78, 5) is 20.7. The van der Waals surface area contributed by atoms with E-state index in [4.69, 9.17) is 11.3 Å². The molecule has 170 valence electrons. The third-order valence-corrected chi connectivity index (χ3v) is 5.67. The van der Waals surface area contributed by atoms with Crippen LogP contribution >= 0.6 is 0 Å². The van der Waals surface area contributed by atoms with E-state index in [9.17, 15) is 13.6 Å². The molecule has 0 saturated carbocycles. The molecule has 2 N–H and O–H groups in total.